The van der Waals surface area contributed by atoms with Gasteiger partial charge in [-0.2, -0.15) is 0 Å². The van der Waals surface area contributed by atoms with E-state index in [1.165, 1.54) is 24.0 Å². The molecule has 1 saturated carbocycles. The van der Waals surface area contributed by atoms with E-state index < -0.39 is 0 Å². The van der Waals surface area contributed by atoms with Crippen LogP contribution in [0.25, 0.3) is 0 Å². The summed E-state index contributed by atoms with van der Waals surface area (Å²) in [5.74, 6) is 1.38. The van der Waals surface area contributed by atoms with Gasteiger partial charge in [0, 0.05) is 6.20 Å². The van der Waals surface area contributed by atoms with Crippen molar-refractivity contribution >= 4 is 15.9 Å². The number of hydrogen-bond donors (Lipinski definition) is 0. The van der Waals surface area contributed by atoms with Gasteiger partial charge in [0.2, 0.25) is 0 Å². The van der Waals surface area contributed by atoms with E-state index in [4.69, 9.17) is 0 Å². The lowest BCUT2D eigenvalue weighted by atomic mass is 9.97. The molecule has 13 heavy (non-hydrogen) atoms. The molecular weight excluding hydrogens is 226 g/mol. The Morgan fingerprint density at radius 2 is 2.15 bits per heavy atom. The third-order valence-corrected chi connectivity index (χ3v) is 3.20. The molecule has 0 bridgehead atoms. The number of nitrogens with zero attached hydrogens (tertiary/aromatic N) is 1. The van der Waals surface area contributed by atoms with Crippen LogP contribution in [-0.2, 0) is 0 Å². The maximum atomic E-state index is 4.29. The normalized spacial score (nSPS) is 16.6. The smallest absolute Gasteiger partial charge is 0.109 e. The lowest BCUT2D eigenvalue weighted by Crippen LogP contribution is -1.98. The second kappa shape index (κ2) is 3.41. The van der Waals surface area contributed by atoms with Gasteiger partial charge in [-0.1, -0.05) is 13.8 Å². The highest BCUT2D eigenvalue weighted by Crippen LogP contribution is 2.44. The average Bonchev–Trinajstić information content (AvgIpc) is 2.85. The molecular formula is C11H14BrN. The van der Waals surface area contributed by atoms with Crippen LogP contribution in [0.1, 0.15) is 49.7 Å². The first kappa shape index (κ1) is 9.20. The third kappa shape index (κ3) is 1.78. The molecule has 1 heterocycles. The zero-order valence-electron chi connectivity index (χ0n) is 8.05. The fraction of sp³-hybridized carbons (Fsp3) is 0.545. The van der Waals surface area contributed by atoms with E-state index in [0.717, 1.165) is 10.5 Å². The number of hydrogen-bond acceptors (Lipinski definition) is 1. The van der Waals surface area contributed by atoms with E-state index in [1.54, 1.807) is 0 Å². The summed E-state index contributed by atoms with van der Waals surface area (Å²) >= 11 is 3.53. The highest BCUT2D eigenvalue weighted by atomic mass is 79.9. The molecule has 0 amide bonds. The number of halogens is 1. The summed E-state index contributed by atoms with van der Waals surface area (Å²) < 4.78 is 1.03. The third-order valence-electron chi connectivity index (χ3n) is 2.57. The Morgan fingerprint density at radius 3 is 2.69 bits per heavy atom. The zero-order chi connectivity index (χ0) is 9.42. The highest BCUT2D eigenvalue weighted by Gasteiger charge is 2.27. The molecule has 0 unspecified atom stereocenters. The molecule has 1 aliphatic carbocycles. The minimum atomic E-state index is 0.568. The van der Waals surface area contributed by atoms with E-state index in [0.29, 0.717) is 5.92 Å². The first-order valence-corrected chi connectivity index (χ1v) is 5.63. The molecule has 0 aromatic carbocycles. The molecule has 2 rings (SSSR count). The van der Waals surface area contributed by atoms with Gasteiger partial charge >= 0.3 is 0 Å². The Labute approximate surface area is 87.7 Å². The van der Waals surface area contributed by atoms with E-state index in [2.05, 4.69) is 40.8 Å². The maximum absolute atomic E-state index is 4.29. The van der Waals surface area contributed by atoms with Gasteiger partial charge in [0.05, 0.1) is 0 Å². The van der Waals surface area contributed by atoms with Crippen molar-refractivity contribution in [1.29, 1.82) is 0 Å². The van der Waals surface area contributed by atoms with Gasteiger partial charge in [-0.05, 0) is 57.8 Å². The van der Waals surface area contributed by atoms with Crippen molar-refractivity contribution in [3.63, 3.8) is 0 Å². The first-order valence-electron chi connectivity index (χ1n) is 4.84. The molecule has 0 N–H and O–H groups in total. The summed E-state index contributed by atoms with van der Waals surface area (Å²) in [5.41, 5.74) is 2.92. The van der Waals surface area contributed by atoms with Crippen LogP contribution in [0.15, 0.2) is 16.9 Å². The van der Waals surface area contributed by atoms with Crippen molar-refractivity contribution < 1.29 is 0 Å². The largest absolute Gasteiger partial charge is 0.249 e. The Bertz CT molecular complexity index is 316. The molecule has 1 aliphatic rings. The fourth-order valence-electron chi connectivity index (χ4n) is 1.78. The average molecular weight is 240 g/mol. The van der Waals surface area contributed by atoms with Crippen LogP contribution in [-0.4, -0.2) is 4.98 Å². The second-order valence-corrected chi connectivity index (χ2v) is 4.78. The van der Waals surface area contributed by atoms with Crippen LogP contribution in [0.2, 0.25) is 0 Å². The van der Waals surface area contributed by atoms with Crippen LogP contribution < -0.4 is 0 Å². The summed E-state index contributed by atoms with van der Waals surface area (Å²) in [6.45, 7) is 4.46. The number of aromatic nitrogens is 1. The van der Waals surface area contributed by atoms with Crippen LogP contribution in [0.4, 0.5) is 0 Å². The van der Waals surface area contributed by atoms with Crippen LogP contribution >= 0.6 is 15.9 Å². The molecule has 0 spiro atoms. The minimum Gasteiger partial charge on any atom is -0.249 e. The van der Waals surface area contributed by atoms with Crippen molar-refractivity contribution in [3.05, 3.63) is 28.0 Å². The molecule has 0 atom stereocenters. The Balaban J connectivity index is 2.47. The molecule has 0 saturated heterocycles. The van der Waals surface area contributed by atoms with Crippen LogP contribution in [0.3, 0.4) is 0 Å². The summed E-state index contributed by atoms with van der Waals surface area (Å²) in [7, 11) is 0. The maximum Gasteiger partial charge on any atom is 0.109 e. The van der Waals surface area contributed by atoms with E-state index in [9.17, 15) is 0 Å². The van der Waals surface area contributed by atoms with Crippen molar-refractivity contribution in [2.75, 3.05) is 0 Å². The van der Waals surface area contributed by atoms with E-state index in [1.807, 2.05) is 6.20 Å². The zero-order valence-corrected chi connectivity index (χ0v) is 9.63. The minimum absolute atomic E-state index is 0.568. The van der Waals surface area contributed by atoms with Gasteiger partial charge in [-0.15, -0.1) is 0 Å². The Hall–Kier alpha value is -0.370. The second-order valence-electron chi connectivity index (χ2n) is 4.03. The lowest BCUT2D eigenvalue weighted by Gasteiger charge is -2.13. The summed E-state index contributed by atoms with van der Waals surface area (Å²) in [6, 6.07) is 2.18. The molecule has 1 nitrogen and oxygen atoms in total. The standard InChI is InChI=1S/C11H14BrN/c1-7(2)10-9(8-3-4-8)5-6-13-11(10)12/h5-8H,3-4H2,1-2H3. The Kier molecular flexibility index (Phi) is 2.41. The molecule has 1 aromatic heterocycles. The van der Waals surface area contributed by atoms with Crippen molar-refractivity contribution in [2.24, 2.45) is 0 Å². The first-order chi connectivity index (χ1) is 6.20. The van der Waals surface area contributed by atoms with Crippen LogP contribution in [0.5, 0.6) is 0 Å². The molecule has 0 aliphatic heterocycles. The lowest BCUT2D eigenvalue weighted by molar-refractivity contribution is 0.823. The monoisotopic (exact) mass is 239 g/mol. The summed E-state index contributed by atoms with van der Waals surface area (Å²) in [6.07, 6.45) is 4.62. The molecule has 70 valence electrons. The van der Waals surface area contributed by atoms with Gasteiger partial charge in [-0.25, -0.2) is 4.98 Å². The topological polar surface area (TPSA) is 12.9 Å². The van der Waals surface area contributed by atoms with Crippen molar-refractivity contribution in [2.45, 2.75) is 38.5 Å². The van der Waals surface area contributed by atoms with Crippen molar-refractivity contribution in [3.8, 4) is 0 Å². The van der Waals surface area contributed by atoms with Gasteiger partial charge < -0.3 is 0 Å². The molecule has 1 fully saturated rings. The van der Waals surface area contributed by atoms with Gasteiger partial charge in [0.1, 0.15) is 4.60 Å². The summed E-state index contributed by atoms with van der Waals surface area (Å²) in [4.78, 5) is 4.29. The van der Waals surface area contributed by atoms with E-state index >= 15 is 0 Å². The fourth-order valence-corrected chi connectivity index (χ4v) is 2.59. The molecule has 0 radical (unpaired) electrons. The van der Waals surface area contributed by atoms with Gasteiger partial charge in [0.25, 0.3) is 0 Å². The molecule has 1 aromatic rings. The number of pyridine rings is 1. The predicted molar refractivity (Wildman–Crippen MR) is 58.0 cm³/mol. The van der Waals surface area contributed by atoms with Gasteiger partial charge in [-0.3, -0.25) is 0 Å². The van der Waals surface area contributed by atoms with E-state index in [-0.39, 0.29) is 0 Å². The predicted octanol–water partition coefficient (Wildman–Crippen LogP) is 3.84. The quantitative estimate of drug-likeness (QED) is 0.715. The highest BCUT2D eigenvalue weighted by molar-refractivity contribution is 9.10. The van der Waals surface area contributed by atoms with Crippen LogP contribution in [0, 0.1) is 0 Å². The summed E-state index contributed by atoms with van der Waals surface area (Å²) in [5, 5.41) is 0. The number of rotatable bonds is 2. The molecule has 2 heteroatoms. The SMILES string of the molecule is CC(C)c1c(C2CC2)ccnc1Br. The van der Waals surface area contributed by atoms with Gasteiger partial charge in [0.15, 0.2) is 0 Å². The Morgan fingerprint density at radius 1 is 1.46 bits per heavy atom. The van der Waals surface area contributed by atoms with Crippen molar-refractivity contribution in [1.82, 2.24) is 4.98 Å².